The normalized spacial score (nSPS) is 51.5. The molecule has 0 radical (unpaired) electrons. The van der Waals surface area contributed by atoms with E-state index in [0.717, 1.165) is 44.0 Å². The average Bonchev–Trinajstić information content (AvgIpc) is 3.63. The number of allylic oxidation sites excluding steroid dienone is 2. The molecule has 0 aromatic rings. The van der Waals surface area contributed by atoms with E-state index in [1.807, 2.05) is 13.8 Å². The van der Waals surface area contributed by atoms with Crippen molar-refractivity contribution < 1.29 is 49.3 Å². The molecule has 4 aliphatic carbocycles. The molecular weight excluding hydrogens is 580 g/mol. The molecule has 10 nitrogen and oxygen atoms in total. The molecule has 5 N–H and O–H groups in total. The number of cyclic esters (lactones) is 1. The lowest BCUT2D eigenvalue weighted by Gasteiger charge is -2.61. The number of hydrogen-bond acceptors (Lipinski definition) is 10. The quantitative estimate of drug-likeness (QED) is 0.167. The van der Waals surface area contributed by atoms with Crippen LogP contribution in [0.15, 0.2) is 11.6 Å². The number of aldehydes is 1. The molecule has 0 unspecified atom stereocenters. The lowest BCUT2D eigenvalue weighted by Crippen LogP contribution is -2.61. The maximum absolute atomic E-state index is 13.8. The van der Waals surface area contributed by atoms with Gasteiger partial charge in [0.05, 0.1) is 29.6 Å². The van der Waals surface area contributed by atoms with Gasteiger partial charge >= 0.3 is 5.97 Å². The average molecular weight is 635 g/mol. The molecule has 6 aliphatic rings. The van der Waals surface area contributed by atoms with Gasteiger partial charge in [-0.2, -0.15) is 0 Å². The molecule has 14 atom stereocenters. The number of carbonyl (C=O) groups excluding carboxylic acids is 2. The summed E-state index contributed by atoms with van der Waals surface area (Å²) in [6.07, 6.45) is 1.67. The van der Waals surface area contributed by atoms with E-state index in [1.165, 1.54) is 13.8 Å². The number of ether oxygens (including phenoxy) is 3. The Kier molecular flexibility index (Phi) is 7.85. The fourth-order valence-corrected chi connectivity index (χ4v) is 11.2. The SMILES string of the molecule is C[C@@H]1C[C@H]([C@@H](O)C(C)(C)O)OC(=O)[C@H]1[C@@]1(C)CC[C@@]23C[C@@]24CC[C@H](O[C@@H]2OC[C@@H](O)[C@H](O)[C@H]2O)C(C)(C)[C@@H]4CC=C3[C@]1(C)C=O. The molecule has 254 valence electrons. The zero-order chi connectivity index (χ0) is 33.1. The number of aliphatic hydroxyl groups is 5. The summed E-state index contributed by atoms with van der Waals surface area (Å²) >= 11 is 0. The molecule has 0 aromatic heterocycles. The highest BCUT2D eigenvalue weighted by Gasteiger charge is 2.80. The maximum Gasteiger partial charge on any atom is 0.310 e. The molecule has 45 heavy (non-hydrogen) atoms. The predicted molar refractivity (Wildman–Crippen MR) is 162 cm³/mol. The van der Waals surface area contributed by atoms with Crippen molar-refractivity contribution in [2.75, 3.05) is 6.61 Å². The Morgan fingerprint density at radius 1 is 1.09 bits per heavy atom. The van der Waals surface area contributed by atoms with E-state index in [4.69, 9.17) is 14.2 Å². The monoisotopic (exact) mass is 634 g/mol. The molecule has 2 heterocycles. The first-order valence-corrected chi connectivity index (χ1v) is 16.9. The van der Waals surface area contributed by atoms with E-state index < -0.39 is 65.1 Å². The molecule has 2 spiro atoms. The third-order valence-corrected chi connectivity index (χ3v) is 14.0. The van der Waals surface area contributed by atoms with Crippen LogP contribution >= 0.6 is 0 Å². The van der Waals surface area contributed by atoms with Crippen LogP contribution in [0.5, 0.6) is 0 Å². The molecule has 3 saturated carbocycles. The van der Waals surface area contributed by atoms with E-state index in [-0.39, 0.29) is 40.8 Å². The summed E-state index contributed by atoms with van der Waals surface area (Å²) in [6.45, 7) is 13.4. The van der Waals surface area contributed by atoms with Crippen LogP contribution in [0.4, 0.5) is 0 Å². The maximum atomic E-state index is 13.8. The van der Waals surface area contributed by atoms with Gasteiger partial charge in [0.25, 0.3) is 0 Å². The van der Waals surface area contributed by atoms with Crippen molar-refractivity contribution >= 4 is 12.3 Å². The van der Waals surface area contributed by atoms with Gasteiger partial charge in [0.1, 0.15) is 36.8 Å². The molecule has 2 saturated heterocycles. The number of rotatable bonds is 6. The Hall–Kier alpha value is -1.40. The van der Waals surface area contributed by atoms with Crippen LogP contribution in [0.25, 0.3) is 0 Å². The standard InChI is InChI=1S/C35H54O10/c1-18-14-20(27(40)31(4,5)42)44-28(41)24(18)32(6)12-13-35-16-34(35)11-10-23(45-29-26(39)25(38)19(37)15-43-29)30(2,3)21(34)8-9-22(35)33(32,7)17-36/h9,17-21,23-27,29,37-40,42H,8,10-16H2,1-7H3/t18-,19-,20-,21+,23+,24+,25+,26-,27-,29+,32-,33+,34-,35+/m1/s1. The van der Waals surface area contributed by atoms with Gasteiger partial charge in [0, 0.05) is 0 Å². The molecule has 6 rings (SSSR count). The van der Waals surface area contributed by atoms with Crippen molar-refractivity contribution in [3.8, 4) is 0 Å². The van der Waals surface area contributed by atoms with Crippen molar-refractivity contribution in [2.45, 2.75) is 142 Å². The number of carbonyl (C=O) groups is 2. The number of hydrogen-bond donors (Lipinski definition) is 5. The first-order valence-electron chi connectivity index (χ1n) is 16.9. The molecule has 10 heteroatoms. The van der Waals surface area contributed by atoms with Crippen LogP contribution in [-0.4, -0.2) is 92.9 Å². The second-order valence-electron chi connectivity index (χ2n) is 17.1. The van der Waals surface area contributed by atoms with Crippen LogP contribution in [-0.2, 0) is 23.8 Å². The topological polar surface area (TPSA) is 163 Å². The summed E-state index contributed by atoms with van der Waals surface area (Å²) in [5.41, 5.74) is -2.22. The summed E-state index contributed by atoms with van der Waals surface area (Å²) in [5.74, 6) is -0.816. The van der Waals surface area contributed by atoms with Crippen molar-refractivity contribution in [1.29, 1.82) is 0 Å². The van der Waals surface area contributed by atoms with Crippen molar-refractivity contribution in [1.82, 2.24) is 0 Å². The Morgan fingerprint density at radius 2 is 1.78 bits per heavy atom. The van der Waals surface area contributed by atoms with Crippen LogP contribution in [0, 0.1) is 44.8 Å². The van der Waals surface area contributed by atoms with Crippen LogP contribution in [0.3, 0.4) is 0 Å². The molecule has 5 fully saturated rings. The highest BCUT2D eigenvalue weighted by atomic mass is 16.7. The van der Waals surface area contributed by atoms with Gasteiger partial charge in [0.15, 0.2) is 6.29 Å². The smallest absolute Gasteiger partial charge is 0.310 e. The fourth-order valence-electron chi connectivity index (χ4n) is 11.2. The van der Waals surface area contributed by atoms with Crippen molar-refractivity contribution in [3.05, 3.63) is 11.6 Å². The Bertz CT molecular complexity index is 1240. The van der Waals surface area contributed by atoms with Gasteiger partial charge in [-0.3, -0.25) is 4.79 Å². The minimum absolute atomic E-state index is 0.00833. The van der Waals surface area contributed by atoms with E-state index >= 15 is 0 Å². The number of aliphatic hydroxyl groups excluding tert-OH is 4. The summed E-state index contributed by atoms with van der Waals surface area (Å²) in [7, 11) is 0. The van der Waals surface area contributed by atoms with Crippen molar-refractivity contribution in [2.24, 2.45) is 44.8 Å². The lowest BCUT2D eigenvalue weighted by atomic mass is 9.43. The van der Waals surface area contributed by atoms with E-state index in [0.29, 0.717) is 12.8 Å². The zero-order valence-corrected chi connectivity index (χ0v) is 27.9. The second-order valence-corrected chi connectivity index (χ2v) is 17.1. The summed E-state index contributed by atoms with van der Waals surface area (Å²) in [4.78, 5) is 27.1. The Morgan fingerprint density at radius 3 is 2.40 bits per heavy atom. The summed E-state index contributed by atoms with van der Waals surface area (Å²) in [5, 5.41) is 51.7. The van der Waals surface area contributed by atoms with Gasteiger partial charge in [-0.05, 0) is 99.2 Å². The fraction of sp³-hybridized carbons (Fsp3) is 0.886. The Labute approximate surface area is 266 Å². The summed E-state index contributed by atoms with van der Waals surface area (Å²) in [6, 6.07) is 0. The third-order valence-electron chi connectivity index (χ3n) is 14.0. The van der Waals surface area contributed by atoms with Crippen LogP contribution < -0.4 is 0 Å². The first-order chi connectivity index (χ1) is 20.8. The Balaban J connectivity index is 1.26. The molecule has 0 amide bonds. The van der Waals surface area contributed by atoms with E-state index in [2.05, 4.69) is 26.8 Å². The molecular formula is C35H54O10. The van der Waals surface area contributed by atoms with Gasteiger partial charge in [-0.15, -0.1) is 0 Å². The van der Waals surface area contributed by atoms with Gasteiger partial charge in [0.2, 0.25) is 0 Å². The van der Waals surface area contributed by atoms with Gasteiger partial charge in [-0.1, -0.05) is 39.3 Å². The van der Waals surface area contributed by atoms with E-state index in [9.17, 15) is 35.1 Å². The molecule has 2 aliphatic heterocycles. The largest absolute Gasteiger partial charge is 0.459 e. The number of esters is 1. The highest BCUT2D eigenvalue weighted by molar-refractivity contribution is 5.78. The minimum Gasteiger partial charge on any atom is -0.459 e. The van der Waals surface area contributed by atoms with Crippen LogP contribution in [0.2, 0.25) is 0 Å². The second kappa shape index (κ2) is 10.5. The van der Waals surface area contributed by atoms with Gasteiger partial charge in [-0.25, -0.2) is 0 Å². The zero-order valence-electron chi connectivity index (χ0n) is 27.9. The lowest BCUT2D eigenvalue weighted by molar-refractivity contribution is -0.300. The molecule has 0 bridgehead atoms. The highest BCUT2D eigenvalue weighted by Crippen LogP contribution is 2.86. The van der Waals surface area contributed by atoms with Gasteiger partial charge < -0.3 is 44.5 Å². The third kappa shape index (κ3) is 4.52. The van der Waals surface area contributed by atoms with Crippen LogP contribution in [0.1, 0.15) is 93.4 Å². The summed E-state index contributed by atoms with van der Waals surface area (Å²) < 4.78 is 17.8. The van der Waals surface area contributed by atoms with Crippen molar-refractivity contribution in [3.63, 3.8) is 0 Å². The molecule has 0 aromatic carbocycles. The first kappa shape index (κ1) is 33.5. The minimum atomic E-state index is -1.41. The predicted octanol–water partition coefficient (Wildman–Crippen LogP) is 2.66. The van der Waals surface area contributed by atoms with E-state index in [1.54, 1.807) is 0 Å².